The third-order valence-electron chi connectivity index (χ3n) is 7.41. The highest BCUT2D eigenvalue weighted by molar-refractivity contribution is 6.31. The van der Waals surface area contributed by atoms with E-state index in [1.165, 1.54) is 0 Å². The minimum absolute atomic E-state index is 0.0454. The Bertz CT molecular complexity index is 1530. The van der Waals surface area contributed by atoms with Gasteiger partial charge in [0.1, 0.15) is 5.82 Å². The molecule has 0 spiro atoms. The predicted octanol–water partition coefficient (Wildman–Crippen LogP) is 6.45. The van der Waals surface area contributed by atoms with Crippen molar-refractivity contribution in [2.45, 2.75) is 58.3 Å². The van der Waals surface area contributed by atoms with Crippen LogP contribution in [0.25, 0.3) is 10.9 Å². The number of hydrogen-bond donors (Lipinski definition) is 2. The topological polar surface area (TPSA) is 59.0 Å². The van der Waals surface area contributed by atoms with Crippen molar-refractivity contribution in [3.05, 3.63) is 110 Å². The molecule has 5 rings (SSSR count). The minimum atomic E-state index is -0.440. The predicted molar refractivity (Wildman–Crippen MR) is 157 cm³/mol. The molecule has 2 atom stereocenters. The standard InChI is InChI=1S/C31H34Cl2N4O/c1-20(17-31(34-19-30(3,4)36-31)23-11-10-21(2)26(33)15-23)14-28-35-27-16-24(32)12-13-25(27)29(38)37(28)18-22-8-6-5-7-9-22/h5-13,15-16,20,34,36H,14,17-19H2,1-4H3. The molecule has 1 aliphatic rings. The summed E-state index contributed by atoms with van der Waals surface area (Å²) in [7, 11) is 0. The molecule has 1 aliphatic heterocycles. The highest BCUT2D eigenvalue weighted by Gasteiger charge is 2.44. The number of fused-ring (bicyclic) bond motifs is 1. The van der Waals surface area contributed by atoms with Gasteiger partial charge in [0.05, 0.1) is 23.1 Å². The summed E-state index contributed by atoms with van der Waals surface area (Å²) in [6, 6.07) is 21.6. The number of benzene rings is 3. The fourth-order valence-corrected chi connectivity index (χ4v) is 5.89. The Morgan fingerprint density at radius 2 is 1.82 bits per heavy atom. The van der Waals surface area contributed by atoms with E-state index in [4.69, 9.17) is 28.2 Å². The van der Waals surface area contributed by atoms with Crippen molar-refractivity contribution in [3.63, 3.8) is 0 Å². The second kappa shape index (κ2) is 10.5. The fourth-order valence-electron chi connectivity index (χ4n) is 5.54. The van der Waals surface area contributed by atoms with Crippen molar-refractivity contribution < 1.29 is 0 Å². The van der Waals surface area contributed by atoms with Gasteiger partial charge in [-0.05, 0) is 74.1 Å². The molecule has 2 N–H and O–H groups in total. The van der Waals surface area contributed by atoms with E-state index in [1.54, 1.807) is 18.2 Å². The van der Waals surface area contributed by atoms with Gasteiger partial charge in [0.25, 0.3) is 5.56 Å². The van der Waals surface area contributed by atoms with Crippen LogP contribution in [0.1, 0.15) is 49.7 Å². The Kier molecular flexibility index (Phi) is 7.40. The van der Waals surface area contributed by atoms with Gasteiger partial charge in [-0.1, -0.05) is 72.6 Å². The second-order valence-electron chi connectivity index (χ2n) is 11.3. The summed E-state index contributed by atoms with van der Waals surface area (Å²) in [5.74, 6) is 0.949. The number of rotatable bonds is 7. The van der Waals surface area contributed by atoms with Crippen molar-refractivity contribution in [2.24, 2.45) is 5.92 Å². The van der Waals surface area contributed by atoms with E-state index < -0.39 is 5.66 Å². The van der Waals surface area contributed by atoms with Crippen LogP contribution in [0.5, 0.6) is 0 Å². The van der Waals surface area contributed by atoms with E-state index in [1.807, 2.05) is 41.8 Å². The van der Waals surface area contributed by atoms with Crippen LogP contribution >= 0.6 is 23.2 Å². The molecule has 0 aliphatic carbocycles. The Morgan fingerprint density at radius 3 is 2.50 bits per heavy atom. The first-order valence-corrected chi connectivity index (χ1v) is 13.8. The molecule has 0 saturated carbocycles. The van der Waals surface area contributed by atoms with Gasteiger partial charge >= 0.3 is 0 Å². The minimum Gasteiger partial charge on any atom is -0.294 e. The molecule has 2 heterocycles. The second-order valence-corrected chi connectivity index (χ2v) is 12.2. The van der Waals surface area contributed by atoms with Crippen molar-refractivity contribution >= 4 is 34.1 Å². The van der Waals surface area contributed by atoms with Crippen LogP contribution in [-0.4, -0.2) is 21.6 Å². The SMILES string of the molecule is Cc1ccc(C2(CC(C)Cc3nc4cc(Cl)ccc4c(=O)n3Cc3ccccc3)NCC(C)(C)N2)cc1Cl. The smallest absolute Gasteiger partial charge is 0.261 e. The number of hydrogen-bond acceptors (Lipinski definition) is 4. The molecule has 3 aromatic carbocycles. The molecule has 0 amide bonds. The summed E-state index contributed by atoms with van der Waals surface area (Å²) >= 11 is 12.8. The highest BCUT2D eigenvalue weighted by atomic mass is 35.5. The maximum Gasteiger partial charge on any atom is 0.261 e. The number of halogens is 2. The van der Waals surface area contributed by atoms with Gasteiger partial charge in [0, 0.05) is 28.5 Å². The lowest BCUT2D eigenvalue weighted by Gasteiger charge is -2.35. The van der Waals surface area contributed by atoms with Crippen LogP contribution in [0.15, 0.2) is 71.5 Å². The van der Waals surface area contributed by atoms with E-state index in [2.05, 4.69) is 49.6 Å². The summed E-state index contributed by atoms with van der Waals surface area (Å²) in [6.07, 6.45) is 1.43. The van der Waals surface area contributed by atoms with E-state index in [9.17, 15) is 4.79 Å². The van der Waals surface area contributed by atoms with Gasteiger partial charge in [-0.3, -0.25) is 20.0 Å². The fraction of sp³-hybridized carbons (Fsp3) is 0.355. The van der Waals surface area contributed by atoms with Crippen LogP contribution in [-0.2, 0) is 18.6 Å². The van der Waals surface area contributed by atoms with Crippen LogP contribution in [0, 0.1) is 12.8 Å². The van der Waals surface area contributed by atoms with Crippen molar-refractivity contribution in [2.75, 3.05) is 6.54 Å². The van der Waals surface area contributed by atoms with Crippen molar-refractivity contribution in [1.29, 1.82) is 0 Å². The number of aromatic nitrogens is 2. The molecule has 1 saturated heterocycles. The monoisotopic (exact) mass is 548 g/mol. The summed E-state index contributed by atoms with van der Waals surface area (Å²) in [5.41, 5.74) is 3.30. The zero-order chi connectivity index (χ0) is 27.1. The molecule has 1 aromatic heterocycles. The van der Waals surface area contributed by atoms with Gasteiger partial charge in [-0.2, -0.15) is 0 Å². The van der Waals surface area contributed by atoms with Crippen molar-refractivity contribution in [3.8, 4) is 0 Å². The molecular weight excluding hydrogens is 515 g/mol. The normalized spacial score (nSPS) is 19.6. The zero-order valence-electron chi connectivity index (χ0n) is 22.3. The summed E-state index contributed by atoms with van der Waals surface area (Å²) < 4.78 is 1.82. The molecule has 198 valence electrons. The first kappa shape index (κ1) is 26.9. The number of nitrogens with one attached hydrogen (secondary N) is 2. The number of aryl methyl sites for hydroxylation is 1. The summed E-state index contributed by atoms with van der Waals surface area (Å²) in [4.78, 5) is 18.6. The summed E-state index contributed by atoms with van der Waals surface area (Å²) in [5, 5.41) is 9.52. The molecule has 5 nitrogen and oxygen atoms in total. The Labute approximate surface area is 234 Å². The van der Waals surface area contributed by atoms with Gasteiger partial charge in [-0.25, -0.2) is 4.98 Å². The molecule has 0 bridgehead atoms. The number of nitrogens with zero attached hydrogens (tertiary/aromatic N) is 2. The average molecular weight is 550 g/mol. The molecule has 4 aromatic rings. The average Bonchev–Trinajstić information content (AvgIpc) is 3.18. The lowest BCUT2D eigenvalue weighted by Crippen LogP contribution is -2.50. The van der Waals surface area contributed by atoms with E-state index in [0.717, 1.165) is 40.5 Å². The highest BCUT2D eigenvalue weighted by Crippen LogP contribution is 2.35. The van der Waals surface area contributed by atoms with E-state index >= 15 is 0 Å². The van der Waals surface area contributed by atoms with Crippen LogP contribution in [0.3, 0.4) is 0 Å². The largest absolute Gasteiger partial charge is 0.294 e. The third-order valence-corrected chi connectivity index (χ3v) is 8.06. The van der Waals surface area contributed by atoms with Crippen LogP contribution in [0.4, 0.5) is 0 Å². The maximum absolute atomic E-state index is 13.7. The quantitative estimate of drug-likeness (QED) is 0.278. The van der Waals surface area contributed by atoms with Crippen molar-refractivity contribution in [1.82, 2.24) is 20.2 Å². The first-order chi connectivity index (χ1) is 18.1. The van der Waals surface area contributed by atoms with Crippen LogP contribution < -0.4 is 16.2 Å². The van der Waals surface area contributed by atoms with E-state index in [0.29, 0.717) is 28.9 Å². The molecule has 0 radical (unpaired) electrons. The lowest BCUT2D eigenvalue weighted by molar-refractivity contribution is 0.241. The maximum atomic E-state index is 13.7. The third kappa shape index (κ3) is 5.52. The Balaban J connectivity index is 1.52. The molecule has 38 heavy (non-hydrogen) atoms. The molecule has 2 unspecified atom stereocenters. The van der Waals surface area contributed by atoms with Crippen LogP contribution in [0.2, 0.25) is 10.0 Å². The lowest BCUT2D eigenvalue weighted by atomic mass is 9.87. The molecule has 7 heteroatoms. The molecule has 1 fully saturated rings. The van der Waals surface area contributed by atoms with Gasteiger partial charge in [0.15, 0.2) is 0 Å². The van der Waals surface area contributed by atoms with Gasteiger partial charge in [0.2, 0.25) is 0 Å². The molecular formula is C31H34Cl2N4O. The Morgan fingerprint density at radius 1 is 1.05 bits per heavy atom. The van der Waals surface area contributed by atoms with Gasteiger partial charge in [-0.15, -0.1) is 0 Å². The van der Waals surface area contributed by atoms with Gasteiger partial charge < -0.3 is 0 Å². The Hall–Kier alpha value is -2.70. The zero-order valence-corrected chi connectivity index (χ0v) is 23.8. The van der Waals surface area contributed by atoms with E-state index in [-0.39, 0.29) is 17.0 Å². The summed E-state index contributed by atoms with van der Waals surface area (Å²) in [6.45, 7) is 9.94. The first-order valence-electron chi connectivity index (χ1n) is 13.1.